The van der Waals surface area contributed by atoms with Crippen LogP contribution in [0, 0.1) is 19.3 Å². The maximum atomic E-state index is 12.9. The Bertz CT molecular complexity index is 1190. The zero-order valence-electron chi connectivity index (χ0n) is 15.2. The average Bonchev–Trinajstić information content (AvgIpc) is 2.85. The average molecular weight is 347 g/mol. The number of aromatic nitrogens is 3. The second-order valence-electron chi connectivity index (χ2n) is 8.38. The van der Waals surface area contributed by atoms with Crippen LogP contribution >= 0.6 is 0 Å². The Morgan fingerprint density at radius 3 is 2.31 bits per heavy atom. The molecule has 2 aromatic rings. The number of hydrogen-bond donors (Lipinski definition) is 0. The topological polar surface area (TPSA) is 48.9 Å². The van der Waals surface area contributed by atoms with E-state index in [0.717, 1.165) is 12.8 Å². The SMILES string of the molecule is Cc1ccc(C)c2c1CC[C@]13C=C[C@]21[C@H]1C=C[C@H]3n2c(=O)n(C)c(=O)n21. The highest BCUT2D eigenvalue weighted by Crippen LogP contribution is 2.71. The van der Waals surface area contributed by atoms with Gasteiger partial charge < -0.3 is 0 Å². The van der Waals surface area contributed by atoms with E-state index in [0.29, 0.717) is 0 Å². The molecule has 132 valence electrons. The number of rotatable bonds is 0. The fourth-order valence-corrected chi connectivity index (χ4v) is 6.38. The predicted octanol–water partition coefficient (Wildman–Crippen LogP) is 2.07. The molecule has 0 saturated heterocycles. The van der Waals surface area contributed by atoms with Crippen LogP contribution in [0.25, 0.3) is 0 Å². The maximum absolute atomic E-state index is 12.9. The third-order valence-corrected chi connectivity index (χ3v) is 7.57. The molecule has 1 aromatic heterocycles. The van der Waals surface area contributed by atoms with Gasteiger partial charge in [-0.2, -0.15) is 0 Å². The van der Waals surface area contributed by atoms with E-state index in [-0.39, 0.29) is 34.3 Å². The second-order valence-corrected chi connectivity index (χ2v) is 8.38. The van der Waals surface area contributed by atoms with E-state index in [1.54, 1.807) is 16.4 Å². The van der Waals surface area contributed by atoms with Gasteiger partial charge in [0.05, 0.1) is 17.5 Å². The monoisotopic (exact) mass is 347 g/mol. The van der Waals surface area contributed by atoms with Gasteiger partial charge in [-0.05, 0) is 48.9 Å². The van der Waals surface area contributed by atoms with Gasteiger partial charge in [-0.3, -0.25) is 0 Å². The molecule has 0 amide bonds. The molecule has 5 nitrogen and oxygen atoms in total. The molecular weight excluding hydrogens is 326 g/mol. The van der Waals surface area contributed by atoms with Gasteiger partial charge in [-0.15, -0.1) is 0 Å². The van der Waals surface area contributed by atoms with Crippen LogP contribution in [0.3, 0.4) is 0 Å². The zero-order chi connectivity index (χ0) is 18.0. The van der Waals surface area contributed by atoms with E-state index in [2.05, 4.69) is 50.3 Å². The molecule has 0 unspecified atom stereocenters. The van der Waals surface area contributed by atoms with E-state index < -0.39 is 0 Å². The number of aryl methyl sites for hydroxylation is 2. The number of benzene rings is 1. The Balaban J connectivity index is 1.78. The first kappa shape index (κ1) is 14.6. The largest absolute Gasteiger partial charge is 0.347 e. The standard InChI is InChI=1S/C21H21N3O2/c1-12-4-5-13(2)17-14(12)8-9-20-10-11-21(17,20)16-7-6-15(20)23-18(25)22(3)19(26)24(16)23/h4-7,10-11,15-16H,8-9H2,1-3H3/t15-,16-,20-,21+/m1/s1. The summed E-state index contributed by atoms with van der Waals surface area (Å²) in [6, 6.07) is 4.19. The van der Waals surface area contributed by atoms with Gasteiger partial charge in [-0.25, -0.2) is 23.5 Å². The van der Waals surface area contributed by atoms with Gasteiger partial charge in [0.15, 0.2) is 0 Å². The number of allylic oxidation sites excluding steroid dienone is 4. The van der Waals surface area contributed by atoms with Crippen LogP contribution in [-0.2, 0) is 18.9 Å². The molecule has 1 aromatic carbocycles. The molecule has 5 aliphatic rings. The predicted molar refractivity (Wildman–Crippen MR) is 98.6 cm³/mol. The fraction of sp³-hybridized carbons (Fsp3) is 0.429. The minimum absolute atomic E-state index is 0.0908. The minimum atomic E-state index is -0.215. The Kier molecular flexibility index (Phi) is 2.28. The molecule has 5 heteroatoms. The van der Waals surface area contributed by atoms with Gasteiger partial charge in [0.1, 0.15) is 0 Å². The third kappa shape index (κ3) is 1.17. The first-order chi connectivity index (χ1) is 12.4. The molecule has 0 spiro atoms. The van der Waals surface area contributed by atoms with Crippen molar-refractivity contribution in [3.63, 3.8) is 0 Å². The van der Waals surface area contributed by atoms with Crippen molar-refractivity contribution in [3.05, 3.63) is 79.7 Å². The summed E-state index contributed by atoms with van der Waals surface area (Å²) >= 11 is 0. The van der Waals surface area contributed by atoms with E-state index in [4.69, 9.17) is 0 Å². The van der Waals surface area contributed by atoms with E-state index >= 15 is 0 Å². The quantitative estimate of drug-likeness (QED) is 0.685. The Labute approximate surface area is 150 Å². The summed E-state index contributed by atoms with van der Waals surface area (Å²) in [4.78, 5) is 25.7. The lowest BCUT2D eigenvalue weighted by atomic mass is 9.40. The summed E-state index contributed by atoms with van der Waals surface area (Å²) in [5.41, 5.74) is 4.71. The van der Waals surface area contributed by atoms with Crippen molar-refractivity contribution in [2.45, 2.75) is 44.2 Å². The lowest BCUT2D eigenvalue weighted by molar-refractivity contribution is -0.00767. The summed E-state index contributed by atoms with van der Waals surface area (Å²) in [5, 5.41) is 0. The lowest BCUT2D eigenvalue weighted by Crippen LogP contribution is -2.68. The summed E-state index contributed by atoms with van der Waals surface area (Å²) in [7, 11) is 1.58. The molecule has 0 radical (unpaired) electrons. The van der Waals surface area contributed by atoms with E-state index in [9.17, 15) is 9.59 Å². The van der Waals surface area contributed by atoms with Crippen LogP contribution in [0.2, 0.25) is 0 Å². The highest BCUT2D eigenvalue weighted by atomic mass is 16.2. The van der Waals surface area contributed by atoms with Gasteiger partial charge in [-0.1, -0.05) is 36.4 Å². The van der Waals surface area contributed by atoms with Gasteiger partial charge in [0.25, 0.3) is 0 Å². The number of fused-ring (bicyclic) bond motifs is 1. The Hall–Kier alpha value is -2.56. The number of hydrogen-bond acceptors (Lipinski definition) is 2. The summed E-state index contributed by atoms with van der Waals surface area (Å²) in [5.74, 6) is 0. The summed E-state index contributed by atoms with van der Waals surface area (Å²) in [6.45, 7) is 4.37. The second kappa shape index (κ2) is 4.05. The van der Waals surface area contributed by atoms with Crippen LogP contribution in [0.15, 0.2) is 46.0 Å². The Morgan fingerprint density at radius 1 is 0.962 bits per heavy atom. The molecule has 0 saturated carbocycles. The zero-order valence-corrected chi connectivity index (χ0v) is 15.2. The van der Waals surface area contributed by atoms with Crippen molar-refractivity contribution < 1.29 is 0 Å². The molecule has 0 N–H and O–H groups in total. The molecule has 26 heavy (non-hydrogen) atoms. The van der Waals surface area contributed by atoms with Crippen LogP contribution in [-0.4, -0.2) is 13.9 Å². The van der Waals surface area contributed by atoms with Crippen LogP contribution in [0.1, 0.15) is 40.8 Å². The molecule has 7 rings (SSSR count). The molecular formula is C21H21N3O2. The van der Waals surface area contributed by atoms with Gasteiger partial charge in [0, 0.05) is 12.5 Å². The molecule has 3 heterocycles. The van der Waals surface area contributed by atoms with Gasteiger partial charge in [0.2, 0.25) is 0 Å². The normalized spacial score (nSPS) is 34.7. The molecule has 0 fully saturated rings. The van der Waals surface area contributed by atoms with Crippen LogP contribution < -0.4 is 11.4 Å². The molecule has 2 bridgehead atoms. The van der Waals surface area contributed by atoms with Crippen molar-refractivity contribution in [3.8, 4) is 0 Å². The summed E-state index contributed by atoms with van der Waals surface area (Å²) < 4.78 is 4.68. The van der Waals surface area contributed by atoms with Crippen molar-refractivity contribution in [1.82, 2.24) is 13.9 Å². The lowest BCUT2D eigenvalue weighted by Gasteiger charge is -2.67. The van der Waals surface area contributed by atoms with Crippen molar-refractivity contribution >= 4 is 0 Å². The van der Waals surface area contributed by atoms with Crippen LogP contribution in [0.5, 0.6) is 0 Å². The number of nitrogens with zero attached hydrogens (tertiary/aromatic N) is 3. The van der Waals surface area contributed by atoms with Crippen molar-refractivity contribution in [2.75, 3.05) is 0 Å². The maximum Gasteiger partial charge on any atom is 0.347 e. The Morgan fingerprint density at radius 2 is 1.62 bits per heavy atom. The highest BCUT2D eigenvalue weighted by Gasteiger charge is 2.70. The third-order valence-electron chi connectivity index (χ3n) is 7.57. The van der Waals surface area contributed by atoms with Crippen molar-refractivity contribution in [1.29, 1.82) is 0 Å². The van der Waals surface area contributed by atoms with Crippen molar-refractivity contribution in [2.24, 2.45) is 12.5 Å². The first-order valence-electron chi connectivity index (χ1n) is 9.32. The van der Waals surface area contributed by atoms with Gasteiger partial charge >= 0.3 is 11.4 Å². The highest BCUT2D eigenvalue weighted by molar-refractivity contribution is 5.60. The molecule has 3 aliphatic carbocycles. The van der Waals surface area contributed by atoms with E-state index in [1.807, 2.05) is 0 Å². The smallest absolute Gasteiger partial charge is 0.246 e. The molecule has 4 atom stereocenters. The van der Waals surface area contributed by atoms with E-state index in [1.165, 1.54) is 26.8 Å². The first-order valence-corrected chi connectivity index (χ1v) is 9.32. The summed E-state index contributed by atoms with van der Waals surface area (Å²) in [6.07, 6.45) is 11.0. The fourth-order valence-electron chi connectivity index (χ4n) is 6.38. The molecule has 2 aliphatic heterocycles. The van der Waals surface area contributed by atoms with Crippen LogP contribution in [0.4, 0.5) is 0 Å². The minimum Gasteiger partial charge on any atom is -0.246 e.